The summed E-state index contributed by atoms with van der Waals surface area (Å²) in [5.74, 6) is 1.83. The molecular formula is C19H26N2O4. The number of rotatable bonds is 5. The quantitative estimate of drug-likeness (QED) is 0.821. The van der Waals surface area contributed by atoms with Gasteiger partial charge in [-0.25, -0.2) is 0 Å². The number of amides is 2. The summed E-state index contributed by atoms with van der Waals surface area (Å²) in [5.41, 5.74) is 1.01. The van der Waals surface area contributed by atoms with Gasteiger partial charge in [0.1, 0.15) is 6.04 Å². The van der Waals surface area contributed by atoms with Gasteiger partial charge >= 0.3 is 0 Å². The Kier molecular flexibility index (Phi) is 5.16. The Bertz CT molecular complexity index is 659. The van der Waals surface area contributed by atoms with E-state index in [1.807, 2.05) is 23.1 Å². The molecule has 2 aliphatic heterocycles. The molecule has 2 amide bonds. The summed E-state index contributed by atoms with van der Waals surface area (Å²) in [6.45, 7) is 7.81. The number of carbonyl (C=O) groups is 2. The fourth-order valence-electron chi connectivity index (χ4n) is 3.54. The summed E-state index contributed by atoms with van der Waals surface area (Å²) in [4.78, 5) is 28.5. The number of benzene rings is 1. The molecule has 6 heteroatoms. The molecule has 1 saturated heterocycles. The van der Waals surface area contributed by atoms with E-state index in [0.717, 1.165) is 29.9 Å². The molecule has 1 aromatic carbocycles. The molecule has 136 valence electrons. The van der Waals surface area contributed by atoms with Gasteiger partial charge in [0.2, 0.25) is 18.6 Å². The molecule has 0 spiro atoms. The lowest BCUT2D eigenvalue weighted by Gasteiger charge is -2.31. The monoisotopic (exact) mass is 346 g/mol. The molecule has 1 aromatic rings. The number of ether oxygens (including phenoxy) is 2. The number of nitrogens with zero attached hydrogens (tertiary/aromatic N) is 2. The van der Waals surface area contributed by atoms with Crippen LogP contribution in [0.4, 0.5) is 0 Å². The van der Waals surface area contributed by atoms with Crippen LogP contribution in [0.3, 0.4) is 0 Å². The molecule has 0 radical (unpaired) electrons. The molecular weight excluding hydrogens is 320 g/mol. The third-order valence-corrected chi connectivity index (χ3v) is 4.65. The summed E-state index contributed by atoms with van der Waals surface area (Å²) in [6.07, 6.45) is 1.63. The van der Waals surface area contributed by atoms with E-state index >= 15 is 0 Å². The maximum Gasteiger partial charge on any atom is 0.245 e. The van der Waals surface area contributed by atoms with Crippen molar-refractivity contribution in [3.63, 3.8) is 0 Å². The van der Waals surface area contributed by atoms with Gasteiger partial charge in [0.05, 0.1) is 0 Å². The van der Waals surface area contributed by atoms with Crippen LogP contribution in [-0.2, 0) is 16.1 Å². The number of fused-ring (bicyclic) bond motifs is 1. The highest BCUT2D eigenvalue weighted by Crippen LogP contribution is 2.33. The first-order valence-corrected chi connectivity index (χ1v) is 8.90. The van der Waals surface area contributed by atoms with Crippen LogP contribution in [0.1, 0.15) is 39.2 Å². The van der Waals surface area contributed by atoms with E-state index < -0.39 is 0 Å². The minimum Gasteiger partial charge on any atom is -0.454 e. The van der Waals surface area contributed by atoms with Gasteiger partial charge in [0.15, 0.2) is 11.5 Å². The van der Waals surface area contributed by atoms with Gasteiger partial charge in [-0.15, -0.1) is 0 Å². The van der Waals surface area contributed by atoms with E-state index in [1.54, 1.807) is 4.90 Å². The van der Waals surface area contributed by atoms with Crippen LogP contribution in [0.25, 0.3) is 0 Å². The van der Waals surface area contributed by atoms with Crippen molar-refractivity contribution >= 4 is 11.8 Å². The Morgan fingerprint density at radius 3 is 2.76 bits per heavy atom. The lowest BCUT2D eigenvalue weighted by atomic mass is 10.1. The minimum atomic E-state index is -0.328. The number of hydrogen-bond donors (Lipinski definition) is 0. The van der Waals surface area contributed by atoms with Crippen molar-refractivity contribution in [1.29, 1.82) is 0 Å². The molecule has 0 bridgehead atoms. The van der Waals surface area contributed by atoms with E-state index in [4.69, 9.17) is 9.47 Å². The lowest BCUT2D eigenvalue weighted by Crippen LogP contribution is -2.47. The molecule has 0 N–H and O–H groups in total. The van der Waals surface area contributed by atoms with Crippen LogP contribution in [0.2, 0.25) is 0 Å². The number of hydrogen-bond acceptors (Lipinski definition) is 4. The molecule has 3 rings (SSSR count). The van der Waals surface area contributed by atoms with Crippen LogP contribution < -0.4 is 9.47 Å². The molecule has 6 nitrogen and oxygen atoms in total. The molecule has 1 fully saturated rings. The summed E-state index contributed by atoms with van der Waals surface area (Å²) >= 11 is 0. The van der Waals surface area contributed by atoms with Gasteiger partial charge in [-0.2, -0.15) is 0 Å². The normalized spacial score (nSPS) is 18.7. The minimum absolute atomic E-state index is 0.0246. The Morgan fingerprint density at radius 2 is 2.04 bits per heavy atom. The van der Waals surface area contributed by atoms with Gasteiger partial charge in [0, 0.05) is 26.6 Å². The van der Waals surface area contributed by atoms with Crippen LogP contribution >= 0.6 is 0 Å². The van der Waals surface area contributed by atoms with Crippen molar-refractivity contribution in [1.82, 2.24) is 9.80 Å². The topological polar surface area (TPSA) is 59.1 Å². The highest BCUT2D eigenvalue weighted by molar-refractivity contribution is 5.87. The van der Waals surface area contributed by atoms with Gasteiger partial charge in [-0.1, -0.05) is 19.9 Å². The molecule has 0 unspecified atom stereocenters. The van der Waals surface area contributed by atoms with E-state index in [1.165, 1.54) is 6.92 Å². The van der Waals surface area contributed by atoms with E-state index in [2.05, 4.69) is 13.8 Å². The fourth-order valence-corrected chi connectivity index (χ4v) is 3.54. The number of carbonyl (C=O) groups excluding carboxylic acids is 2. The smallest absolute Gasteiger partial charge is 0.245 e. The van der Waals surface area contributed by atoms with Gasteiger partial charge in [-0.3, -0.25) is 9.59 Å². The van der Waals surface area contributed by atoms with Crippen molar-refractivity contribution < 1.29 is 19.1 Å². The van der Waals surface area contributed by atoms with E-state index in [0.29, 0.717) is 25.6 Å². The molecule has 1 atom stereocenters. The first-order valence-electron chi connectivity index (χ1n) is 8.90. The van der Waals surface area contributed by atoms with Crippen LogP contribution in [0, 0.1) is 5.92 Å². The molecule has 0 aliphatic carbocycles. The van der Waals surface area contributed by atoms with Crippen molar-refractivity contribution in [2.24, 2.45) is 5.92 Å². The average Bonchev–Trinajstić information content (AvgIpc) is 3.21. The standard InChI is InChI=1S/C19H26N2O4/c1-13(2)10-20(19(23)16-5-4-8-21(16)14(3)22)11-15-6-7-17-18(9-15)25-12-24-17/h6-7,9,13,16H,4-5,8,10-12H2,1-3H3/t16-/m1/s1. The summed E-state index contributed by atoms with van der Waals surface area (Å²) < 4.78 is 10.8. The zero-order chi connectivity index (χ0) is 18.0. The van der Waals surface area contributed by atoms with Crippen LogP contribution in [-0.4, -0.2) is 47.5 Å². The molecule has 2 aliphatic rings. The van der Waals surface area contributed by atoms with Crippen molar-refractivity contribution in [2.75, 3.05) is 19.9 Å². The zero-order valence-electron chi connectivity index (χ0n) is 15.2. The molecule has 0 saturated carbocycles. The zero-order valence-corrected chi connectivity index (χ0v) is 15.2. The summed E-state index contributed by atoms with van der Waals surface area (Å²) in [6, 6.07) is 5.45. The maximum atomic E-state index is 13.1. The predicted octanol–water partition coefficient (Wildman–Crippen LogP) is 2.41. The first kappa shape index (κ1) is 17.6. The van der Waals surface area contributed by atoms with Crippen LogP contribution in [0.5, 0.6) is 11.5 Å². The third kappa shape index (κ3) is 3.89. The second-order valence-corrected chi connectivity index (χ2v) is 7.17. The average molecular weight is 346 g/mol. The Labute approximate surface area is 148 Å². The second kappa shape index (κ2) is 7.33. The highest BCUT2D eigenvalue weighted by Gasteiger charge is 2.35. The van der Waals surface area contributed by atoms with Crippen molar-refractivity contribution in [3.8, 4) is 11.5 Å². The largest absolute Gasteiger partial charge is 0.454 e. The molecule has 2 heterocycles. The Morgan fingerprint density at radius 1 is 1.28 bits per heavy atom. The van der Waals surface area contributed by atoms with Crippen molar-refractivity contribution in [2.45, 2.75) is 46.2 Å². The molecule has 0 aromatic heterocycles. The number of likely N-dealkylation sites (tertiary alicyclic amines) is 1. The highest BCUT2D eigenvalue weighted by atomic mass is 16.7. The predicted molar refractivity (Wildman–Crippen MR) is 93.2 cm³/mol. The third-order valence-electron chi connectivity index (χ3n) is 4.65. The molecule has 25 heavy (non-hydrogen) atoms. The fraction of sp³-hybridized carbons (Fsp3) is 0.579. The van der Waals surface area contributed by atoms with E-state index in [-0.39, 0.29) is 24.6 Å². The van der Waals surface area contributed by atoms with E-state index in [9.17, 15) is 9.59 Å². The van der Waals surface area contributed by atoms with Gasteiger partial charge in [-0.05, 0) is 36.5 Å². The summed E-state index contributed by atoms with van der Waals surface area (Å²) in [7, 11) is 0. The van der Waals surface area contributed by atoms with Gasteiger partial charge in [0.25, 0.3) is 0 Å². The summed E-state index contributed by atoms with van der Waals surface area (Å²) in [5, 5.41) is 0. The SMILES string of the molecule is CC(=O)N1CCC[C@@H]1C(=O)N(Cc1ccc2c(c1)OCO2)CC(C)C. The second-order valence-electron chi connectivity index (χ2n) is 7.17. The lowest BCUT2D eigenvalue weighted by molar-refractivity contribution is -0.143. The van der Waals surface area contributed by atoms with Gasteiger partial charge < -0.3 is 19.3 Å². The van der Waals surface area contributed by atoms with Crippen LogP contribution in [0.15, 0.2) is 18.2 Å². The Hall–Kier alpha value is -2.24. The Balaban J connectivity index is 1.77. The first-order chi connectivity index (χ1) is 12.0. The van der Waals surface area contributed by atoms with Crippen molar-refractivity contribution in [3.05, 3.63) is 23.8 Å². The maximum absolute atomic E-state index is 13.1.